The third kappa shape index (κ3) is 7.63. The minimum absolute atomic E-state index is 0. The third-order valence-electron chi connectivity index (χ3n) is 4.47. The molecule has 2 aromatic heterocycles. The fourth-order valence-corrected chi connectivity index (χ4v) is 3.70. The third-order valence-corrected chi connectivity index (χ3v) is 5.28. The zero-order valence-electron chi connectivity index (χ0n) is 17.2. The molecule has 3 rings (SSSR count). The molecule has 172 valence electrons. The summed E-state index contributed by atoms with van der Waals surface area (Å²) in [6, 6.07) is 3.11. The Balaban J connectivity index is 0.00000341. The Morgan fingerprint density at radius 3 is 2.55 bits per heavy atom. The van der Waals surface area contributed by atoms with E-state index in [9.17, 15) is 13.2 Å². The van der Waals surface area contributed by atoms with E-state index in [4.69, 9.17) is 0 Å². The van der Waals surface area contributed by atoms with Crippen LogP contribution in [-0.2, 0) is 13.0 Å². The number of halogens is 4. The van der Waals surface area contributed by atoms with Crippen molar-refractivity contribution in [3.63, 3.8) is 0 Å². The number of hydrogen-bond acceptors (Lipinski definition) is 7. The normalized spacial score (nSPS) is 14.9. The number of anilines is 1. The van der Waals surface area contributed by atoms with Gasteiger partial charge >= 0.3 is 6.18 Å². The molecule has 0 bridgehead atoms. The van der Waals surface area contributed by atoms with Gasteiger partial charge < -0.3 is 19.9 Å². The molecule has 31 heavy (non-hydrogen) atoms. The standard InChI is InChI=1S/C18H24F3N7OS.HI/c1-3-14-25-17(30-26-14)28-8-6-27(7-9-28)16(22-2)24-11-13-4-5-15(23-10-13)29-12-18(19,20)21;/h4-5,10H,3,6-9,11-12H2,1-2H3,(H,22,24);1H. The van der Waals surface area contributed by atoms with Crippen molar-refractivity contribution >= 4 is 46.6 Å². The summed E-state index contributed by atoms with van der Waals surface area (Å²) in [5.41, 5.74) is 0.815. The first-order chi connectivity index (χ1) is 14.4. The van der Waals surface area contributed by atoms with Crippen LogP contribution in [0.3, 0.4) is 0 Å². The second-order valence-electron chi connectivity index (χ2n) is 6.63. The first-order valence-corrected chi connectivity index (χ1v) is 10.3. The van der Waals surface area contributed by atoms with E-state index in [1.165, 1.54) is 23.8 Å². The quantitative estimate of drug-likeness (QED) is 0.325. The summed E-state index contributed by atoms with van der Waals surface area (Å²) >= 11 is 1.43. The molecule has 1 N–H and O–H groups in total. The average molecular weight is 571 g/mol. The summed E-state index contributed by atoms with van der Waals surface area (Å²) < 4.78 is 45.5. The van der Waals surface area contributed by atoms with Gasteiger partial charge in [0.2, 0.25) is 11.0 Å². The number of guanidine groups is 1. The second-order valence-corrected chi connectivity index (χ2v) is 7.36. The van der Waals surface area contributed by atoms with Gasteiger partial charge in [0.15, 0.2) is 12.6 Å². The Bertz CT molecular complexity index is 839. The zero-order chi connectivity index (χ0) is 21.6. The number of aromatic nitrogens is 3. The monoisotopic (exact) mass is 571 g/mol. The van der Waals surface area contributed by atoms with E-state index in [1.807, 2.05) is 6.92 Å². The summed E-state index contributed by atoms with van der Waals surface area (Å²) in [4.78, 5) is 17.2. The summed E-state index contributed by atoms with van der Waals surface area (Å²) in [7, 11) is 1.72. The highest BCUT2D eigenvalue weighted by atomic mass is 127. The van der Waals surface area contributed by atoms with Gasteiger partial charge in [0, 0.05) is 70.0 Å². The van der Waals surface area contributed by atoms with E-state index in [1.54, 1.807) is 13.1 Å². The number of nitrogens with zero attached hydrogens (tertiary/aromatic N) is 6. The van der Waals surface area contributed by atoms with Gasteiger partial charge in [-0.15, -0.1) is 24.0 Å². The lowest BCUT2D eigenvalue weighted by molar-refractivity contribution is -0.154. The number of hydrogen-bond donors (Lipinski definition) is 1. The molecule has 0 radical (unpaired) electrons. The lowest BCUT2D eigenvalue weighted by Crippen LogP contribution is -2.52. The Kier molecular flexibility index (Phi) is 9.53. The predicted octanol–water partition coefficient (Wildman–Crippen LogP) is 2.95. The first kappa shape index (κ1) is 25.4. The molecule has 0 saturated carbocycles. The average Bonchev–Trinajstić information content (AvgIpc) is 3.23. The highest BCUT2D eigenvalue weighted by Gasteiger charge is 2.28. The Labute approximate surface area is 200 Å². The van der Waals surface area contributed by atoms with Crippen molar-refractivity contribution in [3.8, 4) is 5.88 Å². The highest BCUT2D eigenvalue weighted by molar-refractivity contribution is 14.0. The zero-order valence-corrected chi connectivity index (χ0v) is 20.4. The molecule has 0 atom stereocenters. The van der Waals surface area contributed by atoms with Crippen molar-refractivity contribution in [2.75, 3.05) is 44.7 Å². The van der Waals surface area contributed by atoms with Gasteiger partial charge in [0.05, 0.1) is 0 Å². The Hall–Kier alpha value is -1.90. The molecule has 1 fully saturated rings. The van der Waals surface area contributed by atoms with Crippen molar-refractivity contribution < 1.29 is 17.9 Å². The summed E-state index contributed by atoms with van der Waals surface area (Å²) in [5.74, 6) is 1.58. The molecule has 0 amide bonds. The molecule has 0 spiro atoms. The van der Waals surface area contributed by atoms with Crippen LogP contribution in [0.25, 0.3) is 0 Å². The van der Waals surface area contributed by atoms with Crippen molar-refractivity contribution in [2.45, 2.75) is 26.1 Å². The van der Waals surface area contributed by atoms with E-state index in [2.05, 4.69) is 39.2 Å². The fraction of sp³-hybridized carbons (Fsp3) is 0.556. The minimum Gasteiger partial charge on any atom is -0.468 e. The van der Waals surface area contributed by atoms with Crippen LogP contribution in [0.2, 0.25) is 0 Å². The molecular formula is C18H25F3IN7OS. The maximum atomic E-state index is 12.2. The number of aryl methyl sites for hydroxylation is 1. The van der Waals surface area contributed by atoms with Gasteiger partial charge in [0.1, 0.15) is 5.82 Å². The molecule has 0 aromatic carbocycles. The fourth-order valence-electron chi connectivity index (χ4n) is 2.90. The van der Waals surface area contributed by atoms with E-state index < -0.39 is 12.8 Å². The molecule has 13 heteroatoms. The topological polar surface area (TPSA) is 78.8 Å². The van der Waals surface area contributed by atoms with E-state index in [-0.39, 0.29) is 29.9 Å². The maximum Gasteiger partial charge on any atom is 0.422 e. The van der Waals surface area contributed by atoms with Crippen LogP contribution in [0, 0.1) is 0 Å². The summed E-state index contributed by atoms with van der Waals surface area (Å²) in [5, 5.41) is 4.22. The molecule has 2 aromatic rings. The summed E-state index contributed by atoms with van der Waals surface area (Å²) in [6.45, 7) is 4.38. The van der Waals surface area contributed by atoms with Gasteiger partial charge in [-0.1, -0.05) is 13.0 Å². The largest absolute Gasteiger partial charge is 0.468 e. The molecular weight excluding hydrogens is 546 g/mol. The molecule has 8 nitrogen and oxygen atoms in total. The number of piperazine rings is 1. The lowest BCUT2D eigenvalue weighted by atomic mass is 10.3. The first-order valence-electron chi connectivity index (χ1n) is 9.55. The van der Waals surface area contributed by atoms with Crippen LogP contribution in [0.4, 0.5) is 18.3 Å². The highest BCUT2D eigenvalue weighted by Crippen LogP contribution is 2.19. The van der Waals surface area contributed by atoms with Gasteiger partial charge in [-0.2, -0.15) is 17.5 Å². The van der Waals surface area contributed by atoms with Gasteiger partial charge in [-0.3, -0.25) is 4.99 Å². The number of aliphatic imine (C=N–C) groups is 1. The van der Waals surface area contributed by atoms with Crippen molar-refractivity contribution in [3.05, 3.63) is 29.7 Å². The van der Waals surface area contributed by atoms with Crippen molar-refractivity contribution in [1.29, 1.82) is 0 Å². The molecule has 3 heterocycles. The summed E-state index contributed by atoms with van der Waals surface area (Å²) in [6.07, 6.45) is -2.06. The van der Waals surface area contributed by atoms with Crippen LogP contribution < -0.4 is 15.0 Å². The second kappa shape index (κ2) is 11.6. The number of nitrogens with one attached hydrogen (secondary N) is 1. The minimum atomic E-state index is -4.38. The molecule has 1 saturated heterocycles. The van der Waals surface area contributed by atoms with Gasteiger partial charge in [0.25, 0.3) is 0 Å². The van der Waals surface area contributed by atoms with E-state index in [0.29, 0.717) is 6.54 Å². The van der Waals surface area contributed by atoms with E-state index >= 15 is 0 Å². The van der Waals surface area contributed by atoms with Crippen molar-refractivity contribution in [2.24, 2.45) is 4.99 Å². The van der Waals surface area contributed by atoms with Crippen molar-refractivity contribution in [1.82, 2.24) is 24.6 Å². The van der Waals surface area contributed by atoms with E-state index in [0.717, 1.165) is 55.1 Å². The smallest absolute Gasteiger partial charge is 0.422 e. The van der Waals surface area contributed by atoms with Crippen LogP contribution in [-0.4, -0.2) is 71.2 Å². The predicted molar refractivity (Wildman–Crippen MR) is 124 cm³/mol. The number of pyridine rings is 1. The Morgan fingerprint density at radius 2 is 2.00 bits per heavy atom. The van der Waals surface area contributed by atoms with Crippen LogP contribution in [0.1, 0.15) is 18.3 Å². The van der Waals surface area contributed by atoms with Gasteiger partial charge in [-0.25, -0.2) is 9.97 Å². The maximum absolute atomic E-state index is 12.2. The van der Waals surface area contributed by atoms with Crippen LogP contribution in [0.15, 0.2) is 23.3 Å². The molecule has 0 unspecified atom stereocenters. The Morgan fingerprint density at radius 1 is 1.26 bits per heavy atom. The lowest BCUT2D eigenvalue weighted by Gasteiger charge is -2.36. The molecule has 1 aliphatic rings. The van der Waals surface area contributed by atoms with Gasteiger partial charge in [-0.05, 0) is 5.56 Å². The SMILES string of the molecule is CCc1nsc(N2CCN(C(=NC)NCc3ccc(OCC(F)(F)F)nc3)CC2)n1.I. The number of rotatable bonds is 6. The molecule has 1 aliphatic heterocycles. The van der Waals surface area contributed by atoms with Crippen LogP contribution >= 0.6 is 35.5 Å². The van der Waals surface area contributed by atoms with Crippen LogP contribution in [0.5, 0.6) is 5.88 Å². The number of alkyl halides is 3. The number of ether oxygens (including phenoxy) is 1. The molecule has 0 aliphatic carbocycles.